The molecule has 1 fully saturated rings. The number of nitrogens with zero attached hydrogens (tertiary/aromatic N) is 3. The Balaban J connectivity index is 1.96. The lowest BCUT2D eigenvalue weighted by molar-refractivity contribution is -0.129. The molecule has 0 atom stereocenters. The molecule has 1 aliphatic heterocycles. The molecule has 3 rings (SSSR count). The van der Waals surface area contributed by atoms with Crippen molar-refractivity contribution in [3.63, 3.8) is 0 Å². The van der Waals surface area contributed by atoms with Crippen LogP contribution in [0.3, 0.4) is 0 Å². The Kier molecular flexibility index (Phi) is 3.41. The number of fused-ring (bicyclic) bond motifs is 1. The Morgan fingerprint density at radius 1 is 1.19 bits per heavy atom. The Morgan fingerprint density at radius 3 is 2.57 bits per heavy atom. The number of aryl methyl sites for hydroxylation is 1. The summed E-state index contributed by atoms with van der Waals surface area (Å²) in [7, 11) is 0. The van der Waals surface area contributed by atoms with E-state index in [0.717, 1.165) is 48.3 Å². The van der Waals surface area contributed by atoms with E-state index in [2.05, 4.69) is 22.0 Å². The second-order valence-corrected chi connectivity index (χ2v) is 5.54. The zero-order chi connectivity index (χ0) is 15.0. The van der Waals surface area contributed by atoms with Gasteiger partial charge in [-0.15, -0.1) is 0 Å². The molecule has 2 N–H and O–H groups in total. The summed E-state index contributed by atoms with van der Waals surface area (Å²) >= 11 is 0. The molecule has 1 aromatic carbocycles. The van der Waals surface area contributed by atoms with Crippen LogP contribution in [0.4, 0.5) is 11.4 Å². The SMILES string of the molecule is CC(=O)N1CCN(c2ccc(N)c3cnc(C)cc23)CC1. The van der Waals surface area contributed by atoms with E-state index in [0.29, 0.717) is 0 Å². The molecule has 0 saturated carbocycles. The lowest BCUT2D eigenvalue weighted by Crippen LogP contribution is -2.48. The zero-order valence-corrected chi connectivity index (χ0v) is 12.5. The molecule has 2 aromatic rings. The van der Waals surface area contributed by atoms with E-state index in [4.69, 9.17) is 5.73 Å². The highest BCUT2D eigenvalue weighted by Crippen LogP contribution is 2.31. The molecule has 0 aliphatic carbocycles. The van der Waals surface area contributed by atoms with Crippen LogP contribution in [0.5, 0.6) is 0 Å². The lowest BCUT2D eigenvalue weighted by atomic mass is 10.1. The monoisotopic (exact) mass is 284 g/mol. The number of nitrogen functional groups attached to an aromatic ring is 1. The molecule has 1 aliphatic rings. The van der Waals surface area contributed by atoms with Crippen molar-refractivity contribution in [3.8, 4) is 0 Å². The van der Waals surface area contributed by atoms with Gasteiger partial charge in [-0.2, -0.15) is 0 Å². The van der Waals surface area contributed by atoms with E-state index in [-0.39, 0.29) is 5.91 Å². The van der Waals surface area contributed by atoms with Crippen molar-refractivity contribution in [2.75, 3.05) is 36.8 Å². The van der Waals surface area contributed by atoms with Gasteiger partial charge in [0.2, 0.25) is 5.91 Å². The summed E-state index contributed by atoms with van der Waals surface area (Å²) in [6, 6.07) is 6.09. The third-order valence-electron chi connectivity index (χ3n) is 4.11. The van der Waals surface area contributed by atoms with Crippen LogP contribution in [0.2, 0.25) is 0 Å². The zero-order valence-electron chi connectivity index (χ0n) is 12.5. The van der Waals surface area contributed by atoms with Gasteiger partial charge < -0.3 is 15.5 Å². The first-order valence-electron chi connectivity index (χ1n) is 7.21. The molecule has 0 unspecified atom stereocenters. The molecule has 1 aromatic heterocycles. The second-order valence-electron chi connectivity index (χ2n) is 5.54. The van der Waals surface area contributed by atoms with Gasteiger partial charge in [0.15, 0.2) is 0 Å². The fourth-order valence-corrected chi connectivity index (χ4v) is 2.89. The van der Waals surface area contributed by atoms with Crippen molar-refractivity contribution in [2.45, 2.75) is 13.8 Å². The van der Waals surface area contributed by atoms with Gasteiger partial charge in [0.1, 0.15) is 0 Å². The van der Waals surface area contributed by atoms with Crippen molar-refractivity contribution < 1.29 is 4.79 Å². The lowest BCUT2D eigenvalue weighted by Gasteiger charge is -2.36. The number of hydrogen-bond acceptors (Lipinski definition) is 4. The van der Waals surface area contributed by atoms with E-state index in [1.165, 1.54) is 5.69 Å². The predicted molar refractivity (Wildman–Crippen MR) is 85.4 cm³/mol. The minimum atomic E-state index is 0.150. The van der Waals surface area contributed by atoms with Crippen molar-refractivity contribution in [1.82, 2.24) is 9.88 Å². The van der Waals surface area contributed by atoms with Gasteiger partial charge in [0, 0.05) is 67.1 Å². The minimum absolute atomic E-state index is 0.150. The molecule has 0 spiro atoms. The van der Waals surface area contributed by atoms with E-state index < -0.39 is 0 Å². The molecule has 110 valence electrons. The highest BCUT2D eigenvalue weighted by Gasteiger charge is 2.20. The van der Waals surface area contributed by atoms with Crippen LogP contribution in [-0.4, -0.2) is 42.0 Å². The van der Waals surface area contributed by atoms with Crippen LogP contribution in [0.1, 0.15) is 12.6 Å². The van der Waals surface area contributed by atoms with Gasteiger partial charge in [-0.1, -0.05) is 0 Å². The number of carbonyl (C=O) groups excluding carboxylic acids is 1. The molecule has 1 amide bonds. The third-order valence-corrected chi connectivity index (χ3v) is 4.11. The molecule has 0 radical (unpaired) electrons. The van der Waals surface area contributed by atoms with Crippen LogP contribution >= 0.6 is 0 Å². The molecule has 5 heteroatoms. The fourth-order valence-electron chi connectivity index (χ4n) is 2.89. The number of rotatable bonds is 1. The fraction of sp³-hybridized carbons (Fsp3) is 0.375. The summed E-state index contributed by atoms with van der Waals surface area (Å²) in [5, 5.41) is 2.13. The van der Waals surface area contributed by atoms with Gasteiger partial charge in [-0.3, -0.25) is 9.78 Å². The van der Waals surface area contributed by atoms with Crippen molar-refractivity contribution in [2.24, 2.45) is 0 Å². The maximum Gasteiger partial charge on any atom is 0.219 e. The van der Waals surface area contributed by atoms with Crippen molar-refractivity contribution in [3.05, 3.63) is 30.1 Å². The Bertz CT molecular complexity index is 690. The summed E-state index contributed by atoms with van der Waals surface area (Å²) in [5.41, 5.74) is 8.97. The molecule has 21 heavy (non-hydrogen) atoms. The summed E-state index contributed by atoms with van der Waals surface area (Å²) in [6.07, 6.45) is 1.84. The highest BCUT2D eigenvalue weighted by molar-refractivity contribution is 6.01. The quantitative estimate of drug-likeness (QED) is 0.811. The van der Waals surface area contributed by atoms with Crippen LogP contribution in [0, 0.1) is 6.92 Å². The number of hydrogen-bond donors (Lipinski definition) is 1. The maximum absolute atomic E-state index is 11.4. The number of benzene rings is 1. The summed E-state index contributed by atoms with van der Waals surface area (Å²) < 4.78 is 0. The average molecular weight is 284 g/mol. The number of pyridine rings is 1. The predicted octanol–water partition coefficient (Wildman–Crippen LogP) is 1.79. The molecule has 5 nitrogen and oxygen atoms in total. The Hall–Kier alpha value is -2.30. The first-order valence-corrected chi connectivity index (χ1v) is 7.21. The third kappa shape index (κ3) is 2.51. The van der Waals surface area contributed by atoms with Gasteiger partial charge in [0.25, 0.3) is 0 Å². The first-order chi connectivity index (χ1) is 10.1. The normalized spacial score (nSPS) is 15.5. The number of amides is 1. The summed E-state index contributed by atoms with van der Waals surface area (Å²) in [5.74, 6) is 0.150. The topological polar surface area (TPSA) is 62.5 Å². The van der Waals surface area contributed by atoms with Crippen LogP contribution in [-0.2, 0) is 4.79 Å². The molecular weight excluding hydrogens is 264 g/mol. The van der Waals surface area contributed by atoms with Gasteiger partial charge in [-0.05, 0) is 25.1 Å². The molecule has 0 bridgehead atoms. The van der Waals surface area contributed by atoms with Gasteiger partial charge >= 0.3 is 0 Å². The highest BCUT2D eigenvalue weighted by atomic mass is 16.2. The maximum atomic E-state index is 11.4. The largest absolute Gasteiger partial charge is 0.398 e. The second kappa shape index (κ2) is 5.24. The van der Waals surface area contributed by atoms with Crippen LogP contribution in [0.15, 0.2) is 24.4 Å². The Labute approximate surface area is 124 Å². The number of aromatic nitrogens is 1. The van der Waals surface area contributed by atoms with Crippen LogP contribution < -0.4 is 10.6 Å². The van der Waals surface area contributed by atoms with E-state index in [1.54, 1.807) is 6.92 Å². The van der Waals surface area contributed by atoms with E-state index in [1.807, 2.05) is 24.1 Å². The standard InChI is InChI=1S/C16H20N4O/c1-11-9-13-14(10-18-11)15(17)3-4-16(13)20-7-5-19(6-8-20)12(2)21/h3-4,9-10H,5-8,17H2,1-2H3. The van der Waals surface area contributed by atoms with Gasteiger partial charge in [0.05, 0.1) is 0 Å². The van der Waals surface area contributed by atoms with E-state index in [9.17, 15) is 4.79 Å². The van der Waals surface area contributed by atoms with Gasteiger partial charge in [-0.25, -0.2) is 0 Å². The number of anilines is 2. The number of nitrogens with two attached hydrogens (primary N) is 1. The summed E-state index contributed by atoms with van der Waals surface area (Å²) in [6.45, 7) is 6.85. The summed E-state index contributed by atoms with van der Waals surface area (Å²) in [4.78, 5) is 20.0. The van der Waals surface area contributed by atoms with Crippen molar-refractivity contribution >= 4 is 28.1 Å². The Morgan fingerprint density at radius 2 is 1.90 bits per heavy atom. The molecule has 1 saturated heterocycles. The average Bonchev–Trinajstić information content (AvgIpc) is 2.47. The molecular formula is C16H20N4O. The number of piperazine rings is 1. The van der Waals surface area contributed by atoms with Crippen molar-refractivity contribution in [1.29, 1.82) is 0 Å². The molecule has 2 heterocycles. The van der Waals surface area contributed by atoms with Crippen LogP contribution in [0.25, 0.3) is 10.8 Å². The van der Waals surface area contributed by atoms with E-state index >= 15 is 0 Å². The minimum Gasteiger partial charge on any atom is -0.398 e. The first kappa shape index (κ1) is 13.7. The smallest absolute Gasteiger partial charge is 0.219 e. The number of carbonyl (C=O) groups is 1.